The first kappa shape index (κ1) is 17.2. The van der Waals surface area contributed by atoms with Crippen LogP contribution in [0.1, 0.15) is 16.6 Å². The van der Waals surface area contributed by atoms with E-state index in [1.165, 1.54) is 4.31 Å². The molecule has 1 aromatic carbocycles. The predicted molar refractivity (Wildman–Crippen MR) is 104 cm³/mol. The zero-order valence-corrected chi connectivity index (χ0v) is 16.0. The van der Waals surface area contributed by atoms with Crippen LogP contribution in [0.5, 0.6) is 0 Å². The van der Waals surface area contributed by atoms with Crippen molar-refractivity contribution in [1.29, 1.82) is 0 Å². The Morgan fingerprint density at radius 1 is 1.23 bits per heavy atom. The summed E-state index contributed by atoms with van der Waals surface area (Å²) in [6.45, 7) is -0.236. The number of hydrogen-bond donors (Lipinski definition) is 1. The Balaban J connectivity index is 1.76. The van der Waals surface area contributed by atoms with E-state index in [2.05, 4.69) is 10.3 Å². The molecule has 3 aromatic rings. The Labute approximate surface area is 159 Å². The van der Waals surface area contributed by atoms with Crippen molar-refractivity contribution in [3.63, 3.8) is 0 Å². The fourth-order valence-electron chi connectivity index (χ4n) is 3.04. The molecule has 26 heavy (non-hydrogen) atoms. The normalized spacial score (nSPS) is 16.1. The molecule has 0 fully saturated rings. The Hall–Kier alpha value is -2.23. The van der Waals surface area contributed by atoms with E-state index >= 15 is 0 Å². The van der Waals surface area contributed by atoms with Gasteiger partial charge in [-0.1, -0.05) is 18.2 Å². The smallest absolute Gasteiger partial charge is 0.274 e. The number of thiophene rings is 1. The molecule has 1 aliphatic rings. The number of thiazole rings is 1. The minimum atomic E-state index is -3.80. The third-order valence-corrected chi connectivity index (χ3v) is 8.21. The molecule has 134 valence electrons. The van der Waals surface area contributed by atoms with E-state index in [4.69, 9.17) is 0 Å². The molecule has 3 heterocycles. The van der Waals surface area contributed by atoms with Crippen molar-refractivity contribution in [1.82, 2.24) is 4.98 Å². The molecule has 0 amide bonds. The van der Waals surface area contributed by atoms with Crippen LogP contribution in [0, 0.1) is 0 Å². The Morgan fingerprint density at radius 2 is 2.12 bits per heavy atom. The summed E-state index contributed by atoms with van der Waals surface area (Å²) in [7, 11) is -3.80. The highest BCUT2D eigenvalue weighted by Gasteiger charge is 2.32. The van der Waals surface area contributed by atoms with Crippen LogP contribution in [0.15, 0.2) is 51.5 Å². The predicted octanol–water partition coefficient (Wildman–Crippen LogP) is 3.31. The number of aldehydes is 1. The van der Waals surface area contributed by atoms with E-state index in [-0.39, 0.29) is 16.8 Å². The number of rotatable bonds is 6. The second kappa shape index (κ2) is 6.82. The third-order valence-electron chi connectivity index (χ3n) is 4.17. The molecule has 1 N–H and O–H groups in total. The first-order valence-electron chi connectivity index (χ1n) is 7.89. The number of aromatic nitrogens is 1. The Kier molecular flexibility index (Phi) is 4.51. The Morgan fingerprint density at radius 3 is 2.81 bits per heavy atom. The van der Waals surface area contributed by atoms with Crippen molar-refractivity contribution in [2.24, 2.45) is 0 Å². The van der Waals surface area contributed by atoms with Gasteiger partial charge in [0.2, 0.25) is 0 Å². The van der Waals surface area contributed by atoms with Crippen LogP contribution in [-0.4, -0.2) is 26.2 Å². The summed E-state index contributed by atoms with van der Waals surface area (Å²) >= 11 is 2.70. The molecular formula is C17H15N3O3S3. The molecule has 2 aromatic heterocycles. The maximum atomic E-state index is 13.0. The van der Waals surface area contributed by atoms with E-state index in [0.29, 0.717) is 12.0 Å². The molecule has 1 atom stereocenters. The number of fused-ring (bicyclic) bond motifs is 1. The fourth-order valence-corrected chi connectivity index (χ4v) is 6.24. The lowest BCUT2D eigenvalue weighted by molar-refractivity contribution is -0.106. The highest BCUT2D eigenvalue weighted by Crippen LogP contribution is 2.42. The average molecular weight is 406 g/mol. The average Bonchev–Trinajstić information content (AvgIpc) is 3.39. The summed E-state index contributed by atoms with van der Waals surface area (Å²) in [5.41, 5.74) is 2.25. The molecule has 9 heteroatoms. The highest BCUT2D eigenvalue weighted by atomic mass is 32.2. The molecule has 4 rings (SSSR count). The highest BCUT2D eigenvalue weighted by molar-refractivity contribution is 7.94. The largest absolute Gasteiger partial charge is 0.374 e. The summed E-state index contributed by atoms with van der Waals surface area (Å²) in [5.74, 6) is 0. The lowest BCUT2D eigenvalue weighted by atomic mass is 10.1. The number of anilines is 2. The summed E-state index contributed by atoms with van der Waals surface area (Å²) in [5, 5.41) is 7.97. The van der Waals surface area contributed by atoms with E-state index in [1.54, 1.807) is 41.1 Å². The number of carbonyl (C=O) groups excluding carboxylic acids is 1. The van der Waals surface area contributed by atoms with Crippen molar-refractivity contribution in [2.45, 2.75) is 16.7 Å². The molecule has 1 unspecified atom stereocenters. The first-order chi connectivity index (χ1) is 12.6. The molecule has 0 aliphatic carbocycles. The third kappa shape index (κ3) is 2.91. The number of nitrogens with zero attached hydrogens (tertiary/aromatic N) is 2. The summed E-state index contributed by atoms with van der Waals surface area (Å²) in [6.07, 6.45) is 3.09. The van der Waals surface area contributed by atoms with Gasteiger partial charge < -0.3 is 10.1 Å². The second-order valence-corrected chi connectivity index (χ2v) is 9.68. The van der Waals surface area contributed by atoms with Gasteiger partial charge in [-0.05, 0) is 23.1 Å². The molecule has 1 aliphatic heterocycles. The van der Waals surface area contributed by atoms with E-state index in [9.17, 15) is 13.2 Å². The molecule has 6 nitrogen and oxygen atoms in total. The van der Waals surface area contributed by atoms with E-state index < -0.39 is 10.0 Å². The molecule has 0 radical (unpaired) electrons. The SMILES string of the molecule is O=CCN(c1cccc2c1NC(c1nccs1)C2)S(=O)(=O)c1cccs1. The lowest BCUT2D eigenvalue weighted by Crippen LogP contribution is -2.32. The van der Waals surface area contributed by atoms with Gasteiger partial charge >= 0.3 is 0 Å². The van der Waals surface area contributed by atoms with Gasteiger partial charge in [-0.3, -0.25) is 4.31 Å². The maximum Gasteiger partial charge on any atom is 0.274 e. The van der Waals surface area contributed by atoms with Gasteiger partial charge in [-0.2, -0.15) is 0 Å². The van der Waals surface area contributed by atoms with Gasteiger partial charge in [0.05, 0.1) is 24.0 Å². The molecular weight excluding hydrogens is 390 g/mol. The minimum Gasteiger partial charge on any atom is -0.374 e. The number of benzene rings is 1. The lowest BCUT2D eigenvalue weighted by Gasteiger charge is -2.24. The van der Waals surface area contributed by atoms with Crippen LogP contribution in [0.4, 0.5) is 11.4 Å². The zero-order chi connectivity index (χ0) is 18.1. The van der Waals surface area contributed by atoms with Crippen molar-refractivity contribution >= 4 is 50.4 Å². The van der Waals surface area contributed by atoms with Crippen molar-refractivity contribution in [2.75, 3.05) is 16.2 Å². The summed E-state index contributed by atoms with van der Waals surface area (Å²) in [6, 6.07) is 8.76. The van der Waals surface area contributed by atoms with Crippen LogP contribution < -0.4 is 9.62 Å². The van der Waals surface area contributed by atoms with Crippen LogP contribution in [0.25, 0.3) is 0 Å². The molecule has 0 saturated heterocycles. The van der Waals surface area contributed by atoms with Gasteiger partial charge in [-0.25, -0.2) is 13.4 Å². The molecule has 0 saturated carbocycles. The van der Waals surface area contributed by atoms with Crippen molar-refractivity contribution in [3.05, 3.63) is 57.9 Å². The minimum absolute atomic E-state index is 0.00803. The molecule has 0 bridgehead atoms. The van der Waals surface area contributed by atoms with Gasteiger partial charge in [0.25, 0.3) is 10.0 Å². The first-order valence-corrected chi connectivity index (χ1v) is 11.1. The van der Waals surface area contributed by atoms with E-state index in [1.807, 2.05) is 17.5 Å². The summed E-state index contributed by atoms with van der Waals surface area (Å²) < 4.78 is 27.4. The van der Waals surface area contributed by atoms with Gasteiger partial charge in [-0.15, -0.1) is 22.7 Å². The number of nitrogens with one attached hydrogen (secondary N) is 1. The number of para-hydroxylation sites is 1. The zero-order valence-electron chi connectivity index (χ0n) is 13.5. The van der Waals surface area contributed by atoms with Crippen LogP contribution in [-0.2, 0) is 21.2 Å². The number of sulfonamides is 1. The van der Waals surface area contributed by atoms with Gasteiger partial charge in [0, 0.05) is 18.0 Å². The number of carbonyl (C=O) groups is 1. The van der Waals surface area contributed by atoms with Gasteiger partial charge in [0.15, 0.2) is 0 Å². The monoisotopic (exact) mass is 405 g/mol. The van der Waals surface area contributed by atoms with Crippen LogP contribution >= 0.6 is 22.7 Å². The maximum absolute atomic E-state index is 13.0. The van der Waals surface area contributed by atoms with Crippen molar-refractivity contribution < 1.29 is 13.2 Å². The topological polar surface area (TPSA) is 79.4 Å². The standard InChI is InChI=1S/C17H15N3O3S3/c21-8-7-20(26(22,23)15-5-2-9-24-15)14-4-1-3-12-11-13(19-16(12)14)17-18-6-10-25-17/h1-6,8-10,13,19H,7,11H2. The summed E-state index contributed by atoms with van der Waals surface area (Å²) in [4.78, 5) is 15.6. The van der Waals surface area contributed by atoms with Crippen LogP contribution in [0.2, 0.25) is 0 Å². The quantitative estimate of drug-likeness (QED) is 0.637. The van der Waals surface area contributed by atoms with Crippen LogP contribution in [0.3, 0.4) is 0 Å². The molecule has 0 spiro atoms. The second-order valence-electron chi connectivity index (χ2n) is 5.72. The van der Waals surface area contributed by atoms with Gasteiger partial charge in [0.1, 0.15) is 15.5 Å². The Bertz CT molecular complexity index is 1010. The van der Waals surface area contributed by atoms with Crippen molar-refractivity contribution in [3.8, 4) is 0 Å². The van der Waals surface area contributed by atoms with E-state index in [0.717, 1.165) is 34.0 Å². The number of hydrogen-bond acceptors (Lipinski definition) is 7. The fraction of sp³-hybridized carbons (Fsp3) is 0.176.